The quantitative estimate of drug-likeness (QED) is 0.533. The Hall–Kier alpha value is -2.79. The summed E-state index contributed by atoms with van der Waals surface area (Å²) in [5, 5.41) is 3.70. The van der Waals surface area contributed by atoms with Crippen LogP contribution in [0, 0.1) is 25.6 Å². The highest BCUT2D eigenvalue weighted by Gasteiger charge is 2.37. The van der Waals surface area contributed by atoms with Crippen molar-refractivity contribution in [3.05, 3.63) is 47.1 Å². The molecule has 9 nitrogen and oxygen atoms in total. The van der Waals surface area contributed by atoms with Crippen LogP contribution in [0.4, 0.5) is 4.39 Å². The second kappa shape index (κ2) is 10.4. The van der Waals surface area contributed by atoms with E-state index < -0.39 is 40.2 Å². The molecule has 0 N–H and O–H groups in total. The number of aromatic nitrogens is 1. The van der Waals surface area contributed by atoms with Gasteiger partial charge in [-0.1, -0.05) is 17.3 Å². The van der Waals surface area contributed by atoms with Crippen molar-refractivity contribution in [2.45, 2.75) is 45.1 Å². The van der Waals surface area contributed by atoms with Crippen LogP contribution in [0.2, 0.25) is 0 Å². The molecule has 0 bridgehead atoms. The smallest absolute Gasteiger partial charge is 0.310 e. The fraction of sp³-hybridized carbons (Fsp3) is 0.500. The predicted octanol–water partition coefficient (Wildman–Crippen LogP) is 2.42. The molecule has 1 amide bonds. The second-order valence-electron chi connectivity index (χ2n) is 8.00. The molecular weight excluding hydrogens is 453 g/mol. The Morgan fingerprint density at radius 1 is 1.33 bits per heavy atom. The highest BCUT2D eigenvalue weighted by Crippen LogP contribution is 2.28. The first-order valence-corrected chi connectivity index (χ1v) is 12.2. The summed E-state index contributed by atoms with van der Waals surface area (Å²) in [6, 6.07) is 5.94. The minimum Gasteiger partial charge on any atom is -0.455 e. The van der Waals surface area contributed by atoms with Crippen LogP contribution in [0.3, 0.4) is 0 Å². The summed E-state index contributed by atoms with van der Waals surface area (Å²) in [6.07, 6.45) is 0.943. The molecule has 11 heteroatoms. The monoisotopic (exact) mass is 481 g/mol. The zero-order valence-corrected chi connectivity index (χ0v) is 19.7. The third-order valence-electron chi connectivity index (χ3n) is 5.62. The lowest BCUT2D eigenvalue weighted by Gasteiger charge is -2.30. The van der Waals surface area contributed by atoms with Crippen molar-refractivity contribution in [3.8, 4) is 0 Å². The maximum atomic E-state index is 13.4. The van der Waals surface area contributed by atoms with Gasteiger partial charge in [-0.25, -0.2) is 12.8 Å². The fourth-order valence-corrected chi connectivity index (χ4v) is 5.71. The number of nitrogens with zero attached hydrogens (tertiary/aromatic N) is 3. The van der Waals surface area contributed by atoms with Crippen molar-refractivity contribution in [1.29, 1.82) is 0 Å². The Kier molecular flexibility index (Phi) is 7.85. The van der Waals surface area contributed by atoms with Gasteiger partial charge in [0.15, 0.2) is 12.4 Å². The maximum Gasteiger partial charge on any atom is 0.310 e. The highest BCUT2D eigenvalue weighted by atomic mass is 32.2. The standard InChI is InChI=1S/C22H28FN3O6S/c1-4-25(12-17-7-5-9-19(23)11-17)20(27)14-31-22(28)18-8-6-10-26(13-18)33(29,30)21-15(2)24-32-16(21)3/h5,7,9,11,18H,4,6,8,10,12-14H2,1-3H3. The van der Waals surface area contributed by atoms with Gasteiger partial charge in [0.05, 0.1) is 5.92 Å². The van der Waals surface area contributed by atoms with E-state index >= 15 is 0 Å². The van der Waals surface area contributed by atoms with Crippen LogP contribution in [0.25, 0.3) is 0 Å². The molecule has 33 heavy (non-hydrogen) atoms. The summed E-state index contributed by atoms with van der Waals surface area (Å²) in [7, 11) is -3.87. The number of piperidine rings is 1. The molecule has 0 aliphatic carbocycles. The number of hydrogen-bond acceptors (Lipinski definition) is 7. The first-order chi connectivity index (χ1) is 15.6. The molecule has 0 radical (unpaired) electrons. The topological polar surface area (TPSA) is 110 Å². The molecular formula is C22H28FN3O6S. The number of likely N-dealkylation sites (N-methyl/N-ethyl adjacent to an activating group) is 1. The molecule has 3 rings (SSSR count). The van der Waals surface area contributed by atoms with E-state index in [2.05, 4.69) is 5.16 Å². The van der Waals surface area contributed by atoms with Gasteiger partial charge in [0, 0.05) is 26.2 Å². The molecule has 1 atom stereocenters. The Morgan fingerprint density at radius 3 is 2.73 bits per heavy atom. The number of amides is 1. The van der Waals surface area contributed by atoms with Crippen molar-refractivity contribution >= 4 is 21.9 Å². The van der Waals surface area contributed by atoms with Gasteiger partial charge in [0.1, 0.15) is 16.4 Å². The third-order valence-corrected chi connectivity index (χ3v) is 7.73. The van der Waals surface area contributed by atoms with Gasteiger partial charge in [-0.15, -0.1) is 0 Å². The number of halogens is 1. The maximum absolute atomic E-state index is 13.4. The molecule has 1 fully saturated rings. The number of aryl methyl sites for hydroxylation is 2. The zero-order chi connectivity index (χ0) is 24.2. The molecule has 0 spiro atoms. The van der Waals surface area contributed by atoms with Crippen LogP contribution < -0.4 is 0 Å². The van der Waals surface area contributed by atoms with Gasteiger partial charge < -0.3 is 14.2 Å². The summed E-state index contributed by atoms with van der Waals surface area (Å²) < 4.78 is 50.9. The molecule has 180 valence electrons. The molecule has 1 saturated heterocycles. The number of benzene rings is 1. The van der Waals surface area contributed by atoms with Gasteiger partial charge in [0.25, 0.3) is 5.91 Å². The van der Waals surface area contributed by atoms with Crippen LogP contribution in [0.5, 0.6) is 0 Å². The Morgan fingerprint density at radius 2 is 2.09 bits per heavy atom. The fourth-order valence-electron chi connectivity index (χ4n) is 3.90. The van der Waals surface area contributed by atoms with Gasteiger partial charge in [0.2, 0.25) is 10.0 Å². The molecule has 1 aromatic carbocycles. The molecule has 0 saturated carbocycles. The minimum absolute atomic E-state index is 0.0163. The first kappa shape index (κ1) is 24.8. The number of carbonyl (C=O) groups is 2. The van der Waals surface area contributed by atoms with Gasteiger partial charge in [-0.2, -0.15) is 4.31 Å². The van der Waals surface area contributed by atoms with Crippen molar-refractivity contribution in [2.75, 3.05) is 26.2 Å². The van der Waals surface area contributed by atoms with E-state index in [0.717, 1.165) is 0 Å². The minimum atomic E-state index is -3.87. The molecule has 1 aliphatic rings. The number of esters is 1. The molecule has 1 aliphatic heterocycles. The number of hydrogen-bond donors (Lipinski definition) is 0. The van der Waals surface area contributed by atoms with Crippen molar-refractivity contribution in [1.82, 2.24) is 14.4 Å². The Labute approximate surface area is 192 Å². The van der Waals surface area contributed by atoms with E-state index in [1.54, 1.807) is 26.0 Å². The van der Waals surface area contributed by atoms with E-state index in [1.165, 1.54) is 28.3 Å². The zero-order valence-electron chi connectivity index (χ0n) is 18.9. The number of rotatable bonds is 8. The lowest BCUT2D eigenvalue weighted by Crippen LogP contribution is -2.43. The average Bonchev–Trinajstić information content (AvgIpc) is 3.14. The van der Waals surface area contributed by atoms with Gasteiger partial charge in [-0.3, -0.25) is 9.59 Å². The highest BCUT2D eigenvalue weighted by molar-refractivity contribution is 7.89. The van der Waals surface area contributed by atoms with Crippen molar-refractivity contribution in [2.24, 2.45) is 5.92 Å². The van der Waals surface area contributed by atoms with Crippen LogP contribution in [0.1, 0.15) is 36.8 Å². The summed E-state index contributed by atoms with van der Waals surface area (Å²) in [5.41, 5.74) is 0.893. The van der Waals surface area contributed by atoms with E-state index in [9.17, 15) is 22.4 Å². The van der Waals surface area contributed by atoms with E-state index in [1.807, 2.05) is 0 Å². The molecule has 1 unspecified atom stereocenters. The van der Waals surface area contributed by atoms with Crippen LogP contribution in [-0.2, 0) is 30.9 Å². The number of carbonyl (C=O) groups excluding carboxylic acids is 2. The van der Waals surface area contributed by atoms with Crippen molar-refractivity contribution < 1.29 is 31.7 Å². The third kappa shape index (κ3) is 5.77. The predicted molar refractivity (Wildman–Crippen MR) is 116 cm³/mol. The summed E-state index contributed by atoms with van der Waals surface area (Å²) in [5.74, 6) is -1.91. The number of ether oxygens (including phenoxy) is 1. The second-order valence-corrected chi connectivity index (χ2v) is 9.88. The normalized spacial score (nSPS) is 17.0. The largest absolute Gasteiger partial charge is 0.455 e. The van der Waals surface area contributed by atoms with Gasteiger partial charge >= 0.3 is 5.97 Å². The van der Waals surface area contributed by atoms with Gasteiger partial charge in [-0.05, 0) is 51.3 Å². The SMILES string of the molecule is CCN(Cc1cccc(F)c1)C(=O)COC(=O)C1CCCN(S(=O)(=O)c2c(C)noc2C)C1. The summed E-state index contributed by atoms with van der Waals surface area (Å²) >= 11 is 0. The lowest BCUT2D eigenvalue weighted by molar-refractivity contribution is -0.156. The van der Waals surface area contributed by atoms with Crippen LogP contribution in [-0.4, -0.2) is 60.9 Å². The lowest BCUT2D eigenvalue weighted by atomic mass is 10.00. The molecule has 1 aromatic heterocycles. The van der Waals surface area contributed by atoms with Crippen LogP contribution in [0.15, 0.2) is 33.7 Å². The molecule has 2 aromatic rings. The average molecular weight is 482 g/mol. The Bertz CT molecular complexity index is 1100. The van der Waals surface area contributed by atoms with E-state index in [4.69, 9.17) is 9.26 Å². The number of sulfonamides is 1. The van der Waals surface area contributed by atoms with Crippen LogP contribution >= 0.6 is 0 Å². The molecule has 2 heterocycles. The Balaban J connectivity index is 1.59. The van der Waals surface area contributed by atoms with Crippen molar-refractivity contribution in [3.63, 3.8) is 0 Å². The van der Waals surface area contributed by atoms with E-state index in [0.29, 0.717) is 24.9 Å². The summed E-state index contributed by atoms with van der Waals surface area (Å²) in [4.78, 5) is 26.6. The first-order valence-electron chi connectivity index (χ1n) is 10.7. The summed E-state index contributed by atoms with van der Waals surface area (Å²) in [6.45, 7) is 5.17. The van der Waals surface area contributed by atoms with E-state index in [-0.39, 0.29) is 36.0 Å².